The average molecular weight is 358 g/mol. The highest BCUT2D eigenvalue weighted by Crippen LogP contribution is 2.28. The summed E-state index contributed by atoms with van der Waals surface area (Å²) in [4.78, 5) is 22.5. The predicted molar refractivity (Wildman–Crippen MR) is 107 cm³/mol. The second kappa shape index (κ2) is 6.27. The Kier molecular flexibility index (Phi) is 3.74. The van der Waals surface area contributed by atoms with Crippen LogP contribution >= 0.6 is 0 Å². The Morgan fingerprint density at radius 3 is 2.81 bits per heavy atom. The van der Waals surface area contributed by atoms with E-state index in [1.807, 2.05) is 48.4 Å². The minimum absolute atomic E-state index is 0.235. The van der Waals surface area contributed by atoms with Gasteiger partial charge in [0.2, 0.25) is 5.91 Å². The number of hydrogen-bond acceptors (Lipinski definition) is 2. The maximum Gasteiger partial charge on any atom is 0.223 e. The fourth-order valence-corrected chi connectivity index (χ4v) is 4.19. The summed E-state index contributed by atoms with van der Waals surface area (Å²) in [6.45, 7) is 3.59. The zero-order valence-corrected chi connectivity index (χ0v) is 15.4. The van der Waals surface area contributed by atoms with Crippen LogP contribution in [0, 0.1) is 6.92 Å². The van der Waals surface area contributed by atoms with Crippen LogP contribution in [-0.2, 0) is 11.2 Å². The summed E-state index contributed by atoms with van der Waals surface area (Å²) in [7, 11) is 0. The van der Waals surface area contributed by atoms with E-state index in [1.165, 1.54) is 10.9 Å². The lowest BCUT2D eigenvalue weighted by atomic mass is 10.0. The number of carbonyl (C=O) groups is 1. The quantitative estimate of drug-likeness (QED) is 0.603. The Balaban J connectivity index is 1.24. The third-order valence-corrected chi connectivity index (χ3v) is 5.64. The van der Waals surface area contributed by atoms with Crippen molar-refractivity contribution in [1.29, 1.82) is 0 Å². The number of para-hydroxylation sites is 3. The molecular weight excluding hydrogens is 336 g/mol. The number of hydrogen-bond donors (Lipinski definition) is 1. The smallest absolute Gasteiger partial charge is 0.223 e. The first-order valence-corrected chi connectivity index (χ1v) is 9.47. The van der Waals surface area contributed by atoms with E-state index in [9.17, 15) is 4.79 Å². The van der Waals surface area contributed by atoms with Gasteiger partial charge >= 0.3 is 0 Å². The second-order valence-electron chi connectivity index (χ2n) is 7.33. The molecule has 0 bridgehead atoms. The van der Waals surface area contributed by atoms with Crippen LogP contribution in [0.3, 0.4) is 0 Å². The lowest BCUT2D eigenvalue weighted by Gasteiger charge is -2.40. The first kappa shape index (κ1) is 16.1. The second-order valence-corrected chi connectivity index (χ2v) is 7.33. The van der Waals surface area contributed by atoms with Gasteiger partial charge in [-0.1, -0.05) is 30.3 Å². The zero-order chi connectivity index (χ0) is 18.4. The highest BCUT2D eigenvalue weighted by atomic mass is 16.2. The highest BCUT2D eigenvalue weighted by Gasteiger charge is 2.33. The predicted octanol–water partition coefficient (Wildman–Crippen LogP) is 3.84. The van der Waals surface area contributed by atoms with Crippen LogP contribution in [0.5, 0.6) is 0 Å². The molecule has 1 saturated heterocycles. The molecule has 3 heterocycles. The Labute approximate surface area is 157 Å². The molecule has 0 unspecified atom stereocenters. The Morgan fingerprint density at radius 1 is 1.15 bits per heavy atom. The van der Waals surface area contributed by atoms with Crippen molar-refractivity contribution >= 4 is 27.8 Å². The number of rotatable bonds is 4. The van der Waals surface area contributed by atoms with Crippen molar-refractivity contribution in [2.24, 2.45) is 0 Å². The minimum Gasteiger partial charge on any atom is -0.361 e. The van der Waals surface area contributed by atoms with E-state index in [2.05, 4.69) is 32.7 Å². The molecule has 136 valence electrons. The van der Waals surface area contributed by atoms with Crippen LogP contribution in [0.15, 0.2) is 54.7 Å². The van der Waals surface area contributed by atoms with Crippen molar-refractivity contribution in [2.75, 3.05) is 13.1 Å². The van der Waals surface area contributed by atoms with Gasteiger partial charge in [0.05, 0.1) is 17.1 Å². The van der Waals surface area contributed by atoms with Gasteiger partial charge in [0.15, 0.2) is 0 Å². The summed E-state index contributed by atoms with van der Waals surface area (Å²) < 4.78 is 2.28. The molecule has 27 heavy (non-hydrogen) atoms. The van der Waals surface area contributed by atoms with Gasteiger partial charge in [-0.15, -0.1) is 0 Å². The summed E-state index contributed by atoms with van der Waals surface area (Å²) in [5, 5.41) is 1.22. The van der Waals surface area contributed by atoms with Crippen LogP contribution in [0.25, 0.3) is 21.9 Å². The van der Waals surface area contributed by atoms with Crippen molar-refractivity contribution < 1.29 is 4.79 Å². The summed E-state index contributed by atoms with van der Waals surface area (Å²) in [5.74, 6) is 1.26. The first-order valence-electron chi connectivity index (χ1n) is 9.47. The van der Waals surface area contributed by atoms with Crippen molar-refractivity contribution in [1.82, 2.24) is 19.4 Å². The van der Waals surface area contributed by atoms with Gasteiger partial charge in [0.25, 0.3) is 0 Å². The van der Waals surface area contributed by atoms with E-state index in [0.717, 1.165) is 41.9 Å². The van der Waals surface area contributed by atoms with Gasteiger partial charge in [-0.3, -0.25) is 4.79 Å². The van der Waals surface area contributed by atoms with E-state index in [1.54, 1.807) is 0 Å². The van der Waals surface area contributed by atoms with Crippen molar-refractivity contribution in [3.05, 3.63) is 66.1 Å². The molecule has 1 N–H and O–H groups in total. The number of aryl methyl sites for hydroxylation is 2. The van der Waals surface area contributed by atoms with Gasteiger partial charge in [-0.2, -0.15) is 0 Å². The van der Waals surface area contributed by atoms with Crippen LogP contribution in [0.4, 0.5) is 0 Å². The van der Waals surface area contributed by atoms with E-state index in [4.69, 9.17) is 0 Å². The third kappa shape index (κ3) is 2.70. The highest BCUT2D eigenvalue weighted by molar-refractivity contribution is 5.84. The molecule has 1 aliphatic heterocycles. The molecule has 0 aliphatic carbocycles. The Bertz CT molecular complexity index is 1130. The number of aromatic nitrogens is 3. The number of aromatic amines is 1. The molecule has 5 heteroatoms. The molecular formula is C22H22N4O. The number of imidazole rings is 1. The minimum atomic E-state index is 0.235. The van der Waals surface area contributed by atoms with Gasteiger partial charge in [0, 0.05) is 36.6 Å². The topological polar surface area (TPSA) is 53.9 Å². The molecule has 0 atom stereocenters. The third-order valence-electron chi connectivity index (χ3n) is 5.64. The number of amides is 1. The molecule has 1 amide bonds. The zero-order valence-electron chi connectivity index (χ0n) is 15.4. The van der Waals surface area contributed by atoms with Crippen LogP contribution in [-0.4, -0.2) is 38.4 Å². The number of nitrogens with zero attached hydrogens (tertiary/aromatic N) is 3. The number of benzene rings is 2. The monoisotopic (exact) mass is 358 g/mol. The SMILES string of the molecule is Cc1nc2ccccc2n1C1CN(C(=O)CCc2c[nH]c3ccccc23)C1. The summed E-state index contributed by atoms with van der Waals surface area (Å²) in [6, 6.07) is 16.8. The fraction of sp³-hybridized carbons (Fsp3) is 0.273. The average Bonchev–Trinajstić information content (AvgIpc) is 3.20. The molecule has 1 fully saturated rings. The molecule has 1 aliphatic rings. The molecule has 5 rings (SSSR count). The Hall–Kier alpha value is -3.08. The summed E-state index contributed by atoms with van der Waals surface area (Å²) in [6.07, 6.45) is 3.35. The van der Waals surface area contributed by atoms with Gasteiger partial charge in [-0.25, -0.2) is 4.98 Å². The van der Waals surface area contributed by atoms with Crippen LogP contribution in [0.2, 0.25) is 0 Å². The molecule has 4 aromatic rings. The molecule has 0 radical (unpaired) electrons. The summed E-state index contributed by atoms with van der Waals surface area (Å²) >= 11 is 0. The largest absolute Gasteiger partial charge is 0.361 e. The van der Waals surface area contributed by atoms with Crippen molar-refractivity contribution in [3.63, 3.8) is 0 Å². The molecule has 2 aromatic heterocycles. The number of carbonyl (C=O) groups excluding carboxylic acids is 1. The van der Waals surface area contributed by atoms with Crippen molar-refractivity contribution in [3.8, 4) is 0 Å². The van der Waals surface area contributed by atoms with Gasteiger partial charge in [-0.05, 0) is 37.1 Å². The first-order chi connectivity index (χ1) is 13.2. The van der Waals surface area contributed by atoms with Gasteiger partial charge in [0.1, 0.15) is 5.82 Å². The fourth-order valence-electron chi connectivity index (χ4n) is 4.19. The van der Waals surface area contributed by atoms with E-state index >= 15 is 0 Å². The maximum absolute atomic E-state index is 12.6. The normalized spacial score (nSPS) is 14.8. The molecule has 0 spiro atoms. The number of fused-ring (bicyclic) bond motifs is 2. The van der Waals surface area contributed by atoms with E-state index < -0.39 is 0 Å². The van der Waals surface area contributed by atoms with E-state index in [0.29, 0.717) is 12.5 Å². The molecule has 5 nitrogen and oxygen atoms in total. The summed E-state index contributed by atoms with van der Waals surface area (Å²) in [5.41, 5.74) is 4.53. The number of nitrogens with one attached hydrogen (secondary N) is 1. The lowest BCUT2D eigenvalue weighted by Crippen LogP contribution is -2.51. The van der Waals surface area contributed by atoms with Gasteiger partial charge < -0.3 is 14.5 Å². The standard InChI is InChI=1S/C22H22N4O/c1-15-24-20-8-4-5-9-21(20)26(15)17-13-25(14-17)22(27)11-10-16-12-23-19-7-3-2-6-18(16)19/h2-9,12,17,23H,10-11,13-14H2,1H3. The van der Waals surface area contributed by atoms with Crippen LogP contribution < -0.4 is 0 Å². The number of H-pyrrole nitrogens is 1. The van der Waals surface area contributed by atoms with Crippen LogP contribution in [0.1, 0.15) is 23.9 Å². The maximum atomic E-state index is 12.6. The van der Waals surface area contributed by atoms with E-state index in [-0.39, 0.29) is 5.91 Å². The molecule has 0 saturated carbocycles. The lowest BCUT2D eigenvalue weighted by molar-refractivity contribution is -0.136. The molecule has 2 aromatic carbocycles. The van der Waals surface area contributed by atoms with Crippen molar-refractivity contribution in [2.45, 2.75) is 25.8 Å². The Morgan fingerprint density at radius 2 is 1.93 bits per heavy atom. The number of likely N-dealkylation sites (tertiary alicyclic amines) is 1.